The van der Waals surface area contributed by atoms with Crippen LogP contribution in [0, 0.1) is 0 Å². The highest BCUT2D eigenvalue weighted by Crippen LogP contribution is 2.27. The van der Waals surface area contributed by atoms with Gasteiger partial charge in [0, 0.05) is 11.3 Å². The number of hydrogen-bond donors (Lipinski definition) is 2. The number of hydrogen-bond acceptors (Lipinski definition) is 3. The van der Waals surface area contributed by atoms with Gasteiger partial charge in [-0.2, -0.15) is 0 Å². The van der Waals surface area contributed by atoms with Gasteiger partial charge in [-0.3, -0.25) is 4.57 Å². The summed E-state index contributed by atoms with van der Waals surface area (Å²) in [5.74, 6) is 0.651. The van der Waals surface area contributed by atoms with Crippen molar-refractivity contribution in [3.63, 3.8) is 0 Å². The Kier molecular flexibility index (Phi) is 5.11. The third kappa shape index (κ3) is 3.91. The average Bonchev–Trinajstić information content (AvgIpc) is 3.23. The van der Waals surface area contributed by atoms with Crippen LogP contribution in [0.3, 0.4) is 0 Å². The van der Waals surface area contributed by atoms with Crippen LogP contribution in [-0.4, -0.2) is 20.8 Å². The highest BCUT2D eigenvalue weighted by atomic mass is 16.2. The van der Waals surface area contributed by atoms with Crippen LogP contribution in [0.2, 0.25) is 0 Å². The molecule has 0 fully saturated rings. The van der Waals surface area contributed by atoms with Crippen molar-refractivity contribution in [3.8, 4) is 16.8 Å². The number of amides is 2. The van der Waals surface area contributed by atoms with E-state index in [1.165, 1.54) is 0 Å². The van der Waals surface area contributed by atoms with Crippen LogP contribution >= 0.6 is 0 Å². The lowest BCUT2D eigenvalue weighted by Crippen LogP contribution is -2.29. The van der Waals surface area contributed by atoms with Gasteiger partial charge in [0.15, 0.2) is 5.82 Å². The molecule has 0 atom stereocenters. The molecule has 6 heteroatoms. The largest absolute Gasteiger partial charge is 0.331 e. The molecule has 0 aliphatic carbocycles. The average molecular weight is 369 g/mol. The minimum atomic E-state index is -0.300. The molecule has 138 valence electrons. The van der Waals surface area contributed by atoms with Crippen molar-refractivity contribution in [2.24, 2.45) is 0 Å². The lowest BCUT2D eigenvalue weighted by molar-refractivity contribution is 0.251. The van der Waals surface area contributed by atoms with Crippen molar-refractivity contribution >= 4 is 11.7 Å². The molecule has 0 spiro atoms. The van der Waals surface area contributed by atoms with Crippen molar-refractivity contribution in [1.82, 2.24) is 20.1 Å². The van der Waals surface area contributed by atoms with E-state index in [9.17, 15) is 4.79 Å². The topological polar surface area (TPSA) is 71.8 Å². The number of aromatic nitrogens is 3. The molecule has 1 aromatic heterocycles. The van der Waals surface area contributed by atoms with E-state index in [1.807, 2.05) is 89.5 Å². The van der Waals surface area contributed by atoms with Crippen LogP contribution in [0.4, 0.5) is 10.5 Å². The molecular weight excluding hydrogens is 350 g/mol. The quantitative estimate of drug-likeness (QED) is 0.552. The Morgan fingerprint density at radius 2 is 1.54 bits per heavy atom. The number of para-hydroxylation sites is 2. The van der Waals surface area contributed by atoms with Crippen LogP contribution < -0.4 is 10.6 Å². The van der Waals surface area contributed by atoms with Gasteiger partial charge < -0.3 is 10.6 Å². The van der Waals surface area contributed by atoms with E-state index in [1.54, 1.807) is 6.33 Å². The molecule has 4 aromatic rings. The molecule has 3 aromatic carbocycles. The van der Waals surface area contributed by atoms with Gasteiger partial charge in [0.1, 0.15) is 6.33 Å². The molecule has 2 amide bonds. The molecular formula is C22H19N5O. The summed E-state index contributed by atoms with van der Waals surface area (Å²) in [5.41, 5.74) is 3.70. The molecule has 2 N–H and O–H groups in total. The van der Waals surface area contributed by atoms with Gasteiger partial charge >= 0.3 is 6.03 Å². The van der Waals surface area contributed by atoms with Crippen molar-refractivity contribution in [2.45, 2.75) is 6.54 Å². The number of benzene rings is 3. The Hall–Kier alpha value is -3.93. The summed E-state index contributed by atoms with van der Waals surface area (Å²) < 4.78 is 1.85. The molecule has 0 unspecified atom stereocenters. The van der Waals surface area contributed by atoms with Crippen molar-refractivity contribution < 1.29 is 4.79 Å². The second-order valence-corrected chi connectivity index (χ2v) is 6.17. The van der Waals surface area contributed by atoms with E-state index < -0.39 is 0 Å². The van der Waals surface area contributed by atoms with Crippen molar-refractivity contribution in [3.05, 3.63) is 97.1 Å². The van der Waals surface area contributed by atoms with Gasteiger partial charge in [-0.15, -0.1) is 10.2 Å². The van der Waals surface area contributed by atoms with Crippen LogP contribution in [0.5, 0.6) is 0 Å². The van der Waals surface area contributed by atoms with Gasteiger partial charge in [-0.1, -0.05) is 66.7 Å². The third-order valence-electron chi connectivity index (χ3n) is 4.32. The molecule has 4 rings (SSSR count). The first-order chi connectivity index (χ1) is 13.8. The van der Waals surface area contributed by atoms with Crippen LogP contribution in [0.15, 0.2) is 91.3 Å². The molecule has 0 aliphatic heterocycles. The lowest BCUT2D eigenvalue weighted by Gasteiger charge is -2.12. The molecule has 1 heterocycles. The number of rotatable bonds is 5. The van der Waals surface area contributed by atoms with Crippen LogP contribution in [0.25, 0.3) is 16.8 Å². The molecule has 0 saturated heterocycles. The first-order valence-corrected chi connectivity index (χ1v) is 8.95. The van der Waals surface area contributed by atoms with E-state index in [2.05, 4.69) is 20.8 Å². The fraction of sp³-hybridized carbons (Fsp3) is 0.0455. The molecule has 0 radical (unpaired) electrons. The summed E-state index contributed by atoms with van der Waals surface area (Å²) in [4.78, 5) is 12.5. The highest BCUT2D eigenvalue weighted by Gasteiger charge is 2.10. The minimum absolute atomic E-state index is 0.258. The van der Waals surface area contributed by atoms with E-state index in [-0.39, 0.29) is 12.6 Å². The Labute approximate surface area is 162 Å². The second kappa shape index (κ2) is 8.18. The minimum Gasteiger partial charge on any atom is -0.331 e. The zero-order valence-corrected chi connectivity index (χ0v) is 15.1. The first kappa shape index (κ1) is 17.5. The number of carbonyl (C=O) groups excluding carboxylic acids is 1. The third-order valence-corrected chi connectivity index (χ3v) is 4.32. The summed E-state index contributed by atoms with van der Waals surface area (Å²) in [6.07, 6.45) is 1.63. The Morgan fingerprint density at radius 3 is 2.32 bits per heavy atom. The zero-order valence-electron chi connectivity index (χ0n) is 15.1. The number of nitrogens with one attached hydrogen (secondary N) is 2. The van der Waals surface area contributed by atoms with Gasteiger partial charge in [0.25, 0.3) is 0 Å². The Balaban J connectivity index is 1.45. The standard InChI is InChI=1S/C22H19N5O/c28-22(23-15-21-26-24-16-27(21)18-11-5-2-6-12-18)25-20-14-8-7-13-19(20)17-9-3-1-4-10-17/h1-14,16H,15H2,(H2,23,25,28). The molecule has 0 bridgehead atoms. The van der Waals surface area contributed by atoms with Gasteiger partial charge in [-0.05, 0) is 23.8 Å². The number of anilines is 1. The fourth-order valence-electron chi connectivity index (χ4n) is 2.97. The van der Waals surface area contributed by atoms with Crippen molar-refractivity contribution in [2.75, 3.05) is 5.32 Å². The molecule has 0 aliphatic rings. The van der Waals surface area contributed by atoms with E-state index in [0.29, 0.717) is 5.82 Å². The highest BCUT2D eigenvalue weighted by molar-refractivity contribution is 5.94. The van der Waals surface area contributed by atoms with E-state index in [4.69, 9.17) is 0 Å². The van der Waals surface area contributed by atoms with Crippen LogP contribution in [0.1, 0.15) is 5.82 Å². The zero-order chi connectivity index (χ0) is 19.2. The smallest absolute Gasteiger partial charge is 0.319 e. The monoisotopic (exact) mass is 369 g/mol. The number of carbonyl (C=O) groups is 1. The number of nitrogens with zero attached hydrogens (tertiary/aromatic N) is 3. The summed E-state index contributed by atoms with van der Waals surface area (Å²) in [5, 5.41) is 13.8. The van der Waals surface area contributed by atoms with E-state index >= 15 is 0 Å². The Morgan fingerprint density at radius 1 is 0.857 bits per heavy atom. The Bertz CT molecular complexity index is 1060. The van der Waals surface area contributed by atoms with Crippen molar-refractivity contribution in [1.29, 1.82) is 0 Å². The summed E-state index contributed by atoms with van der Waals surface area (Å²) in [6.45, 7) is 0.258. The van der Waals surface area contributed by atoms with E-state index in [0.717, 1.165) is 22.5 Å². The number of urea groups is 1. The maximum Gasteiger partial charge on any atom is 0.319 e. The molecule has 6 nitrogen and oxygen atoms in total. The summed E-state index contributed by atoms with van der Waals surface area (Å²) in [7, 11) is 0. The predicted octanol–water partition coefficient (Wildman–Crippen LogP) is 4.26. The van der Waals surface area contributed by atoms with Crippen LogP contribution in [-0.2, 0) is 6.54 Å². The lowest BCUT2D eigenvalue weighted by atomic mass is 10.0. The van der Waals surface area contributed by atoms with Gasteiger partial charge in [-0.25, -0.2) is 4.79 Å². The molecule has 28 heavy (non-hydrogen) atoms. The summed E-state index contributed by atoms with van der Waals surface area (Å²) in [6, 6.07) is 27.1. The van der Waals surface area contributed by atoms with Gasteiger partial charge in [0.05, 0.1) is 12.2 Å². The predicted molar refractivity (Wildman–Crippen MR) is 109 cm³/mol. The fourth-order valence-corrected chi connectivity index (χ4v) is 2.97. The van der Waals surface area contributed by atoms with Gasteiger partial charge in [0.2, 0.25) is 0 Å². The maximum atomic E-state index is 12.5. The molecule has 0 saturated carbocycles. The second-order valence-electron chi connectivity index (χ2n) is 6.17. The SMILES string of the molecule is O=C(NCc1nncn1-c1ccccc1)Nc1ccccc1-c1ccccc1. The summed E-state index contributed by atoms with van der Waals surface area (Å²) >= 11 is 0. The first-order valence-electron chi connectivity index (χ1n) is 8.95. The maximum absolute atomic E-state index is 12.5. The normalized spacial score (nSPS) is 10.4.